The number of benzene rings is 3. The number of esters is 4. The first kappa shape index (κ1) is 53.2. The van der Waals surface area contributed by atoms with Crippen LogP contribution in [0.1, 0.15) is 58.2 Å². The van der Waals surface area contributed by atoms with Gasteiger partial charge in [-0.2, -0.15) is 0 Å². The molecule has 70 heavy (non-hydrogen) atoms. The van der Waals surface area contributed by atoms with E-state index in [1.165, 1.54) is 20.8 Å². The van der Waals surface area contributed by atoms with Crippen LogP contribution in [-0.4, -0.2) is 123 Å². The van der Waals surface area contributed by atoms with Gasteiger partial charge in [0.2, 0.25) is 6.29 Å². The van der Waals surface area contributed by atoms with Gasteiger partial charge in [-0.1, -0.05) is 108 Å². The third kappa shape index (κ3) is 14.7. The van der Waals surface area contributed by atoms with E-state index in [1.807, 2.05) is 91.0 Å². The van der Waals surface area contributed by atoms with Crippen molar-refractivity contribution < 1.29 is 76.0 Å². The van der Waals surface area contributed by atoms with Crippen molar-refractivity contribution >= 4 is 23.9 Å². The second-order valence-electron chi connectivity index (χ2n) is 16.8. The van der Waals surface area contributed by atoms with Gasteiger partial charge in [-0.3, -0.25) is 19.2 Å². The van der Waals surface area contributed by atoms with E-state index in [0.717, 1.165) is 23.6 Å². The summed E-state index contributed by atoms with van der Waals surface area (Å²) in [4.78, 5) is 56.1. The number of carbonyl (C=O) groups is 4. The highest BCUT2D eigenvalue weighted by Crippen LogP contribution is 2.39. The standard InChI is InChI=1S/C48H58N6O16/c1-27-40(61-22-33-16-10-7-11-17-33)45(48(66-32(6)58)70-46(27)68-42-37(26-60-30(4)56)64-28(2)38(51-53-49)44(42)65-31(5)57)69-47-39(52-54-50)43(63-24-35-20-14-9-15-21-35)41(36(67-47)25-59-29(3)55)62-23-34-18-12-8-13-19-34/h7-21,27-28,36-48H,22-26H2,1-6H3/t27?,28-,36?,37?,38?,39?,40-,41+,42+,43-,44+,45-,46+,47+,48?/m0/s1. The van der Waals surface area contributed by atoms with Gasteiger partial charge in [0.05, 0.1) is 32.0 Å². The van der Waals surface area contributed by atoms with E-state index in [0.29, 0.717) is 0 Å². The Kier molecular flexibility index (Phi) is 19.9. The van der Waals surface area contributed by atoms with Crippen LogP contribution in [0.15, 0.2) is 101 Å². The summed E-state index contributed by atoms with van der Waals surface area (Å²) in [5, 5.41) is 8.01. The van der Waals surface area contributed by atoms with Crippen LogP contribution in [0.5, 0.6) is 0 Å². The maximum absolute atomic E-state index is 13.0. The van der Waals surface area contributed by atoms with Crippen molar-refractivity contribution in [2.75, 3.05) is 13.2 Å². The number of hydrogen-bond acceptors (Lipinski definition) is 18. The SMILES string of the molecule is CC(=O)OCC1O[C@@H](C)C(N=[N+]=[N-])[C@@H](OC(C)=O)[C@@H]1O[C@@H]1OC(OC(C)=O)[C@@H](O[C@H]2OC(COC(C)=O)[C@@H](OCc3ccccc3)[C@@H](OCc3ccccc3)C2N=[N+]=[N-])[C@@H](OCc2ccccc2)C1C. The van der Waals surface area contributed by atoms with Crippen molar-refractivity contribution in [3.63, 3.8) is 0 Å². The highest BCUT2D eigenvalue weighted by Gasteiger charge is 2.56. The molecule has 0 amide bonds. The zero-order chi connectivity index (χ0) is 50.2. The fourth-order valence-corrected chi connectivity index (χ4v) is 8.42. The summed E-state index contributed by atoms with van der Waals surface area (Å²) in [6.07, 6.45) is -14.9. The summed E-state index contributed by atoms with van der Waals surface area (Å²) in [5.74, 6) is -3.67. The Labute approximate surface area is 404 Å². The number of ether oxygens (including phenoxy) is 12. The lowest BCUT2D eigenvalue weighted by atomic mass is 9.91. The molecular weight excluding hydrogens is 917 g/mol. The van der Waals surface area contributed by atoms with Crippen molar-refractivity contribution in [2.24, 2.45) is 16.1 Å². The molecule has 3 saturated heterocycles. The fourth-order valence-electron chi connectivity index (χ4n) is 8.42. The van der Waals surface area contributed by atoms with Crippen molar-refractivity contribution in [1.29, 1.82) is 0 Å². The second kappa shape index (κ2) is 26.2. The molecule has 3 aliphatic heterocycles. The molecule has 0 radical (unpaired) electrons. The zero-order valence-corrected chi connectivity index (χ0v) is 39.6. The Morgan fingerprint density at radius 3 is 1.44 bits per heavy atom. The molecule has 22 nitrogen and oxygen atoms in total. The minimum atomic E-state index is -1.66. The first-order chi connectivity index (χ1) is 33.8. The van der Waals surface area contributed by atoms with Crippen LogP contribution in [0, 0.1) is 5.92 Å². The number of nitrogens with zero attached hydrogens (tertiary/aromatic N) is 6. The Hall–Kier alpha value is -6.16. The van der Waals surface area contributed by atoms with Gasteiger partial charge in [-0.05, 0) is 34.7 Å². The van der Waals surface area contributed by atoms with E-state index in [4.69, 9.17) is 56.8 Å². The molecule has 0 spiro atoms. The Morgan fingerprint density at radius 1 is 0.500 bits per heavy atom. The molecule has 0 N–H and O–H groups in total. The third-order valence-electron chi connectivity index (χ3n) is 11.6. The molecule has 376 valence electrons. The summed E-state index contributed by atoms with van der Waals surface area (Å²) in [6.45, 7) is 7.45. The van der Waals surface area contributed by atoms with Crippen molar-refractivity contribution in [3.05, 3.63) is 129 Å². The van der Waals surface area contributed by atoms with Crippen molar-refractivity contribution in [3.8, 4) is 0 Å². The highest BCUT2D eigenvalue weighted by atomic mass is 16.8. The van der Waals surface area contributed by atoms with Crippen LogP contribution < -0.4 is 0 Å². The minimum absolute atomic E-state index is 0.0119. The van der Waals surface area contributed by atoms with E-state index in [1.54, 1.807) is 13.8 Å². The van der Waals surface area contributed by atoms with Gasteiger partial charge in [0, 0.05) is 43.4 Å². The zero-order valence-electron chi connectivity index (χ0n) is 39.6. The quantitative estimate of drug-likeness (QED) is 0.0371. The second-order valence-corrected chi connectivity index (χ2v) is 16.8. The number of azide groups is 2. The highest BCUT2D eigenvalue weighted by molar-refractivity contribution is 5.67. The van der Waals surface area contributed by atoms with Crippen LogP contribution in [0.3, 0.4) is 0 Å². The number of hydrogen-bond donors (Lipinski definition) is 0. The maximum atomic E-state index is 13.0. The predicted molar refractivity (Wildman–Crippen MR) is 242 cm³/mol. The van der Waals surface area contributed by atoms with Crippen LogP contribution in [-0.2, 0) is 95.8 Å². The summed E-state index contributed by atoms with van der Waals surface area (Å²) in [5.41, 5.74) is 22.0. The number of carbonyl (C=O) groups excluding carboxylic acids is 4. The van der Waals surface area contributed by atoms with Gasteiger partial charge in [-0.15, -0.1) is 0 Å². The molecule has 3 fully saturated rings. The van der Waals surface area contributed by atoms with Crippen LogP contribution in [0.2, 0.25) is 0 Å². The van der Waals surface area contributed by atoms with E-state index >= 15 is 0 Å². The van der Waals surface area contributed by atoms with Crippen LogP contribution in [0.4, 0.5) is 0 Å². The topological polar surface area (TPSA) is 277 Å². The van der Waals surface area contributed by atoms with Crippen molar-refractivity contribution in [1.82, 2.24) is 0 Å². The fraction of sp³-hybridized carbons (Fsp3) is 0.542. The van der Waals surface area contributed by atoms with Crippen LogP contribution in [0.25, 0.3) is 20.9 Å². The Balaban J connectivity index is 1.40. The molecule has 22 heteroatoms. The minimum Gasteiger partial charge on any atom is -0.463 e. The van der Waals surface area contributed by atoms with E-state index in [9.17, 15) is 30.2 Å². The van der Waals surface area contributed by atoms with Crippen molar-refractivity contribution in [2.45, 2.75) is 147 Å². The molecule has 3 aromatic carbocycles. The molecule has 6 unspecified atom stereocenters. The molecule has 0 aromatic heterocycles. The largest absolute Gasteiger partial charge is 0.463 e. The summed E-state index contributed by atoms with van der Waals surface area (Å²) in [6, 6.07) is 25.3. The first-order valence-electron chi connectivity index (χ1n) is 22.7. The van der Waals surface area contributed by atoms with E-state index in [-0.39, 0.29) is 33.0 Å². The first-order valence-corrected chi connectivity index (χ1v) is 22.7. The monoisotopic (exact) mass is 974 g/mol. The summed E-state index contributed by atoms with van der Waals surface area (Å²) in [7, 11) is 0. The smallest absolute Gasteiger partial charge is 0.305 e. The Bertz CT molecular complexity index is 2270. The molecule has 3 aliphatic rings. The molecule has 6 rings (SSSR count). The molecule has 0 saturated carbocycles. The molecular formula is C48H58N6O16. The van der Waals surface area contributed by atoms with Gasteiger partial charge in [0.15, 0.2) is 12.6 Å². The van der Waals surface area contributed by atoms with E-state index < -0.39 is 116 Å². The maximum Gasteiger partial charge on any atom is 0.305 e. The Morgan fingerprint density at radius 2 is 0.957 bits per heavy atom. The lowest BCUT2D eigenvalue weighted by Gasteiger charge is -2.50. The average molecular weight is 975 g/mol. The molecule has 3 aromatic rings. The lowest BCUT2D eigenvalue weighted by Crippen LogP contribution is -2.65. The summed E-state index contributed by atoms with van der Waals surface area (Å²) >= 11 is 0. The van der Waals surface area contributed by atoms with Gasteiger partial charge in [0.25, 0.3) is 0 Å². The van der Waals surface area contributed by atoms with E-state index in [2.05, 4.69) is 20.1 Å². The normalized spacial score (nSPS) is 30.6. The predicted octanol–water partition coefficient (Wildman–Crippen LogP) is 6.32. The average Bonchev–Trinajstić information content (AvgIpc) is 3.33. The van der Waals surface area contributed by atoms with Gasteiger partial charge in [0.1, 0.15) is 68.0 Å². The van der Waals surface area contributed by atoms with Crippen LogP contribution >= 0.6 is 0 Å². The van der Waals surface area contributed by atoms with Gasteiger partial charge >= 0.3 is 23.9 Å². The number of rotatable bonds is 21. The molecule has 3 heterocycles. The molecule has 15 atom stereocenters. The lowest BCUT2D eigenvalue weighted by molar-refractivity contribution is -0.385. The van der Waals surface area contributed by atoms with Gasteiger partial charge < -0.3 is 56.8 Å². The molecule has 0 aliphatic carbocycles. The molecule has 0 bridgehead atoms. The van der Waals surface area contributed by atoms with Gasteiger partial charge in [-0.25, -0.2) is 0 Å². The third-order valence-corrected chi connectivity index (χ3v) is 11.6. The summed E-state index contributed by atoms with van der Waals surface area (Å²) < 4.78 is 74.9.